The molecule has 0 aromatic carbocycles. The molecular weight excluding hydrogens is 376 g/mol. The van der Waals surface area contributed by atoms with Gasteiger partial charge in [0.2, 0.25) is 0 Å². The van der Waals surface area contributed by atoms with Crippen LogP contribution in [0.3, 0.4) is 0 Å². The number of aromatic nitrogens is 1. The van der Waals surface area contributed by atoms with E-state index in [0.29, 0.717) is 0 Å². The summed E-state index contributed by atoms with van der Waals surface area (Å²) >= 11 is 8.85. The summed E-state index contributed by atoms with van der Waals surface area (Å²) in [7, 11) is 0. The monoisotopic (exact) mass is 388 g/mol. The van der Waals surface area contributed by atoms with Crippen LogP contribution < -0.4 is 5.32 Å². The number of hydrogen-bond acceptors (Lipinski definition) is 3. The highest BCUT2D eigenvalue weighted by molar-refractivity contribution is 9.10. The number of rotatable bonds is 5. The number of pyridine rings is 1. The van der Waals surface area contributed by atoms with Crippen LogP contribution >= 0.6 is 43.2 Å². The van der Waals surface area contributed by atoms with E-state index in [1.54, 1.807) is 11.3 Å². The minimum atomic E-state index is 0.246. The first kappa shape index (κ1) is 14.2. The normalized spacial score (nSPS) is 12.6. The van der Waals surface area contributed by atoms with Gasteiger partial charge in [-0.3, -0.25) is 4.98 Å². The molecule has 1 N–H and O–H groups in total. The van der Waals surface area contributed by atoms with E-state index < -0.39 is 0 Å². The van der Waals surface area contributed by atoms with Gasteiger partial charge in [-0.25, -0.2) is 0 Å². The van der Waals surface area contributed by atoms with E-state index in [-0.39, 0.29) is 6.04 Å². The topological polar surface area (TPSA) is 24.9 Å². The molecule has 5 heteroatoms. The molecule has 2 rings (SSSR count). The molecule has 0 fully saturated rings. The van der Waals surface area contributed by atoms with Gasteiger partial charge in [-0.1, -0.05) is 6.92 Å². The Balaban J connectivity index is 2.20. The number of halogens is 2. The van der Waals surface area contributed by atoms with Crippen molar-refractivity contribution < 1.29 is 0 Å². The zero-order valence-corrected chi connectivity index (χ0v) is 14.0. The Morgan fingerprint density at radius 1 is 1.44 bits per heavy atom. The van der Waals surface area contributed by atoms with Crippen LogP contribution in [0, 0.1) is 0 Å². The molecule has 0 aliphatic rings. The molecule has 0 saturated heterocycles. The molecule has 1 atom stereocenters. The van der Waals surface area contributed by atoms with Crippen molar-refractivity contribution in [3.8, 4) is 0 Å². The Bertz CT molecular complexity index is 513. The predicted octanol–water partition coefficient (Wildman–Crippen LogP) is 4.56. The fourth-order valence-electron chi connectivity index (χ4n) is 1.83. The third-order valence-corrected chi connectivity index (χ3v) is 4.99. The number of nitrogens with one attached hydrogen (secondary N) is 1. The predicted molar refractivity (Wildman–Crippen MR) is 84.1 cm³/mol. The summed E-state index contributed by atoms with van der Waals surface area (Å²) < 4.78 is 2.21. The van der Waals surface area contributed by atoms with Crippen molar-refractivity contribution in [1.29, 1.82) is 0 Å². The SMILES string of the molecule is CCNC(Cc1cc(Br)cs1)c1ncccc1Br. The van der Waals surface area contributed by atoms with Gasteiger partial charge in [-0.2, -0.15) is 0 Å². The molecule has 0 saturated carbocycles. The Labute approximate surface area is 128 Å². The molecule has 96 valence electrons. The molecule has 0 aliphatic carbocycles. The van der Waals surface area contributed by atoms with Crippen molar-refractivity contribution in [3.05, 3.63) is 49.3 Å². The van der Waals surface area contributed by atoms with Gasteiger partial charge in [0.25, 0.3) is 0 Å². The second-order valence-electron chi connectivity index (χ2n) is 3.92. The third kappa shape index (κ3) is 3.63. The second kappa shape index (κ2) is 6.80. The maximum Gasteiger partial charge on any atom is 0.0718 e. The summed E-state index contributed by atoms with van der Waals surface area (Å²) in [4.78, 5) is 5.84. The van der Waals surface area contributed by atoms with Gasteiger partial charge in [0.1, 0.15) is 0 Å². The Morgan fingerprint density at radius 3 is 2.89 bits per heavy atom. The maximum absolute atomic E-state index is 4.48. The molecule has 0 spiro atoms. The molecule has 0 bridgehead atoms. The van der Waals surface area contributed by atoms with Crippen LogP contribution in [0.2, 0.25) is 0 Å². The fraction of sp³-hybridized carbons (Fsp3) is 0.308. The number of nitrogens with zero attached hydrogens (tertiary/aromatic N) is 1. The Kier molecular flexibility index (Phi) is 5.36. The molecule has 18 heavy (non-hydrogen) atoms. The van der Waals surface area contributed by atoms with Gasteiger partial charge < -0.3 is 5.32 Å². The van der Waals surface area contributed by atoms with Gasteiger partial charge >= 0.3 is 0 Å². The lowest BCUT2D eigenvalue weighted by Gasteiger charge is -2.17. The van der Waals surface area contributed by atoms with E-state index in [4.69, 9.17) is 0 Å². The fourth-order valence-corrected chi connectivity index (χ4v) is 3.86. The molecule has 1 unspecified atom stereocenters. The summed E-state index contributed by atoms with van der Waals surface area (Å²) in [5.74, 6) is 0. The summed E-state index contributed by atoms with van der Waals surface area (Å²) in [6, 6.07) is 6.40. The molecular formula is C13H14Br2N2S. The van der Waals surface area contributed by atoms with Gasteiger partial charge in [-0.05, 0) is 56.6 Å². The second-order valence-corrected chi connectivity index (χ2v) is 6.68. The van der Waals surface area contributed by atoms with E-state index >= 15 is 0 Å². The third-order valence-electron chi connectivity index (χ3n) is 2.59. The van der Waals surface area contributed by atoms with E-state index in [1.807, 2.05) is 18.3 Å². The largest absolute Gasteiger partial charge is 0.309 e. The lowest BCUT2D eigenvalue weighted by atomic mass is 10.1. The van der Waals surface area contributed by atoms with Crippen LogP contribution in [0.15, 0.2) is 38.7 Å². The van der Waals surface area contributed by atoms with Crippen molar-refractivity contribution in [3.63, 3.8) is 0 Å². The summed E-state index contributed by atoms with van der Waals surface area (Å²) in [6.45, 7) is 3.05. The van der Waals surface area contributed by atoms with Crippen molar-refractivity contribution >= 4 is 43.2 Å². The van der Waals surface area contributed by atoms with Crippen molar-refractivity contribution in [2.24, 2.45) is 0 Å². The zero-order chi connectivity index (χ0) is 13.0. The van der Waals surface area contributed by atoms with Crippen molar-refractivity contribution in [2.45, 2.75) is 19.4 Å². The van der Waals surface area contributed by atoms with Crippen LogP contribution in [0.5, 0.6) is 0 Å². The minimum absolute atomic E-state index is 0.246. The summed E-state index contributed by atoms with van der Waals surface area (Å²) in [5, 5.41) is 5.61. The first-order valence-corrected chi connectivity index (χ1v) is 8.24. The molecule has 2 aromatic rings. The molecule has 2 nitrogen and oxygen atoms in total. The smallest absolute Gasteiger partial charge is 0.0718 e. The lowest BCUT2D eigenvalue weighted by molar-refractivity contribution is 0.538. The number of likely N-dealkylation sites (N-methyl/N-ethyl adjacent to an activating group) is 1. The lowest BCUT2D eigenvalue weighted by Crippen LogP contribution is -2.24. The van der Waals surface area contributed by atoms with Gasteiger partial charge in [-0.15, -0.1) is 11.3 Å². The van der Waals surface area contributed by atoms with Gasteiger partial charge in [0, 0.05) is 31.8 Å². The number of hydrogen-bond donors (Lipinski definition) is 1. The summed E-state index contributed by atoms with van der Waals surface area (Å²) in [6.07, 6.45) is 2.80. The van der Waals surface area contributed by atoms with Crippen LogP contribution in [-0.2, 0) is 6.42 Å². The Morgan fingerprint density at radius 2 is 2.28 bits per heavy atom. The molecule has 2 heterocycles. The van der Waals surface area contributed by atoms with Gasteiger partial charge in [0.15, 0.2) is 0 Å². The first-order chi connectivity index (χ1) is 8.70. The highest BCUT2D eigenvalue weighted by Crippen LogP contribution is 2.27. The van der Waals surface area contributed by atoms with Gasteiger partial charge in [0.05, 0.1) is 11.7 Å². The van der Waals surface area contributed by atoms with Crippen LogP contribution in [0.1, 0.15) is 23.5 Å². The summed E-state index contributed by atoms with van der Waals surface area (Å²) in [5.41, 5.74) is 1.07. The average molecular weight is 390 g/mol. The van der Waals surface area contributed by atoms with Crippen LogP contribution in [0.25, 0.3) is 0 Å². The number of thiophene rings is 1. The first-order valence-electron chi connectivity index (χ1n) is 5.77. The quantitative estimate of drug-likeness (QED) is 0.810. The zero-order valence-electron chi connectivity index (χ0n) is 9.99. The van der Waals surface area contributed by atoms with Crippen LogP contribution in [-0.4, -0.2) is 11.5 Å². The minimum Gasteiger partial charge on any atom is -0.309 e. The highest BCUT2D eigenvalue weighted by Gasteiger charge is 2.16. The van der Waals surface area contributed by atoms with Crippen molar-refractivity contribution in [2.75, 3.05) is 6.54 Å². The molecule has 0 aliphatic heterocycles. The van der Waals surface area contributed by atoms with E-state index in [2.05, 4.69) is 60.5 Å². The highest BCUT2D eigenvalue weighted by atomic mass is 79.9. The van der Waals surface area contributed by atoms with E-state index in [9.17, 15) is 0 Å². The van der Waals surface area contributed by atoms with E-state index in [0.717, 1.165) is 27.6 Å². The Hall–Kier alpha value is -0.230. The average Bonchev–Trinajstić information content (AvgIpc) is 2.75. The molecule has 0 radical (unpaired) electrons. The van der Waals surface area contributed by atoms with E-state index in [1.165, 1.54) is 4.88 Å². The molecule has 0 amide bonds. The van der Waals surface area contributed by atoms with Crippen LogP contribution in [0.4, 0.5) is 0 Å². The molecule has 2 aromatic heterocycles. The maximum atomic E-state index is 4.48. The standard InChI is InChI=1S/C13H14Br2N2S/c1-2-16-12(7-10-6-9(14)8-18-10)13-11(15)4-3-5-17-13/h3-6,8,12,16H,2,7H2,1H3. The van der Waals surface area contributed by atoms with Crippen molar-refractivity contribution in [1.82, 2.24) is 10.3 Å².